The number of nitrogens with one attached hydrogen (secondary N) is 1. The summed E-state index contributed by atoms with van der Waals surface area (Å²) < 4.78 is 0. The minimum Gasteiger partial charge on any atom is -0.374 e. The molecule has 0 bridgehead atoms. The van der Waals surface area contributed by atoms with Gasteiger partial charge in [-0.25, -0.2) is 0 Å². The first-order valence-electron chi connectivity index (χ1n) is 5.82. The van der Waals surface area contributed by atoms with E-state index in [1.165, 1.54) is 6.20 Å². The van der Waals surface area contributed by atoms with Crippen LogP contribution in [0.3, 0.4) is 0 Å². The molecule has 0 unspecified atom stereocenters. The monoisotopic (exact) mass is 258 g/mol. The molecule has 0 spiro atoms. The van der Waals surface area contributed by atoms with Crippen LogP contribution in [0.2, 0.25) is 0 Å². The van der Waals surface area contributed by atoms with Crippen molar-refractivity contribution in [1.29, 1.82) is 0 Å². The molecule has 1 heterocycles. The third kappa shape index (κ3) is 3.05. The van der Waals surface area contributed by atoms with Crippen molar-refractivity contribution in [3.05, 3.63) is 63.8 Å². The lowest BCUT2D eigenvalue weighted by Gasteiger charge is -2.09. The fraction of sp³-hybridized carbons (Fsp3) is 0.154. The van der Waals surface area contributed by atoms with E-state index in [1.807, 2.05) is 24.3 Å². The van der Waals surface area contributed by atoms with E-state index in [0.29, 0.717) is 18.8 Å². The molecule has 0 aliphatic heterocycles. The highest BCUT2D eigenvalue weighted by molar-refractivity contribution is 5.56. The van der Waals surface area contributed by atoms with E-state index in [1.54, 1.807) is 12.1 Å². The molecule has 0 saturated carbocycles. The minimum atomic E-state index is -0.503. The van der Waals surface area contributed by atoms with E-state index >= 15 is 0 Å². The first-order valence-corrected chi connectivity index (χ1v) is 5.82. The van der Waals surface area contributed by atoms with Gasteiger partial charge in [0.2, 0.25) is 0 Å². The number of anilines is 1. The van der Waals surface area contributed by atoms with Gasteiger partial charge in [0.25, 0.3) is 0 Å². The standard InChI is InChI=1S/C13H14N4O2/c14-8-10-4-1-2-5-11(10)9-16-12-6-3-7-15-13(12)17(18)19/h1-7,16H,8-9,14H2. The Morgan fingerprint density at radius 2 is 1.95 bits per heavy atom. The van der Waals surface area contributed by atoms with Crippen LogP contribution in [0.15, 0.2) is 42.6 Å². The third-order valence-electron chi connectivity index (χ3n) is 2.77. The van der Waals surface area contributed by atoms with E-state index < -0.39 is 4.92 Å². The smallest absolute Gasteiger partial charge is 0.374 e. The van der Waals surface area contributed by atoms with Gasteiger partial charge < -0.3 is 21.2 Å². The maximum absolute atomic E-state index is 10.8. The predicted octanol–water partition coefficient (Wildman–Crippen LogP) is 2.06. The number of nitro groups is 1. The molecule has 1 aromatic carbocycles. The van der Waals surface area contributed by atoms with Gasteiger partial charge in [-0.05, 0) is 33.2 Å². The lowest BCUT2D eigenvalue weighted by atomic mass is 10.1. The molecule has 2 aromatic rings. The van der Waals surface area contributed by atoms with Crippen molar-refractivity contribution < 1.29 is 4.92 Å². The SMILES string of the molecule is NCc1ccccc1CNc1cccnc1[N+](=O)[O-]. The third-order valence-corrected chi connectivity index (χ3v) is 2.77. The van der Waals surface area contributed by atoms with Gasteiger partial charge in [-0.2, -0.15) is 0 Å². The van der Waals surface area contributed by atoms with Gasteiger partial charge in [0.15, 0.2) is 0 Å². The highest BCUT2D eigenvalue weighted by atomic mass is 16.6. The second-order valence-electron chi connectivity index (χ2n) is 3.96. The summed E-state index contributed by atoms with van der Waals surface area (Å²) in [5.74, 6) is -0.173. The molecular weight excluding hydrogens is 244 g/mol. The Morgan fingerprint density at radius 1 is 1.21 bits per heavy atom. The van der Waals surface area contributed by atoms with Gasteiger partial charge in [0.1, 0.15) is 11.9 Å². The number of rotatable bonds is 5. The molecule has 2 rings (SSSR count). The van der Waals surface area contributed by atoms with Crippen LogP contribution in [-0.4, -0.2) is 9.91 Å². The summed E-state index contributed by atoms with van der Waals surface area (Å²) in [5, 5.41) is 13.9. The molecule has 0 radical (unpaired) electrons. The Morgan fingerprint density at radius 3 is 2.63 bits per heavy atom. The van der Waals surface area contributed by atoms with Crippen LogP contribution < -0.4 is 11.1 Å². The number of nitrogens with two attached hydrogens (primary N) is 1. The summed E-state index contributed by atoms with van der Waals surface area (Å²) in [4.78, 5) is 14.1. The fourth-order valence-electron chi connectivity index (χ4n) is 1.80. The van der Waals surface area contributed by atoms with Gasteiger partial charge >= 0.3 is 5.82 Å². The summed E-state index contributed by atoms with van der Waals surface area (Å²) in [6.07, 6.45) is 1.40. The van der Waals surface area contributed by atoms with E-state index in [9.17, 15) is 10.1 Å². The van der Waals surface area contributed by atoms with Crippen molar-refractivity contribution in [3.8, 4) is 0 Å². The van der Waals surface area contributed by atoms with Crippen LogP contribution in [0.5, 0.6) is 0 Å². The van der Waals surface area contributed by atoms with Crippen molar-refractivity contribution >= 4 is 11.5 Å². The van der Waals surface area contributed by atoms with Crippen LogP contribution in [0.1, 0.15) is 11.1 Å². The average molecular weight is 258 g/mol. The molecule has 3 N–H and O–H groups in total. The zero-order chi connectivity index (χ0) is 13.7. The van der Waals surface area contributed by atoms with E-state index in [2.05, 4.69) is 10.3 Å². The minimum absolute atomic E-state index is 0.173. The second kappa shape index (κ2) is 5.92. The highest BCUT2D eigenvalue weighted by Crippen LogP contribution is 2.21. The molecule has 98 valence electrons. The molecule has 0 atom stereocenters. The zero-order valence-corrected chi connectivity index (χ0v) is 10.2. The number of aromatic nitrogens is 1. The summed E-state index contributed by atoms with van der Waals surface area (Å²) >= 11 is 0. The maximum Gasteiger partial charge on any atom is 0.386 e. The highest BCUT2D eigenvalue weighted by Gasteiger charge is 2.13. The van der Waals surface area contributed by atoms with Gasteiger partial charge in [-0.1, -0.05) is 24.3 Å². The van der Waals surface area contributed by atoms with Gasteiger partial charge in [0.05, 0.1) is 0 Å². The fourth-order valence-corrected chi connectivity index (χ4v) is 1.80. The molecule has 0 amide bonds. The first kappa shape index (κ1) is 13.0. The Hall–Kier alpha value is -2.47. The average Bonchev–Trinajstić information content (AvgIpc) is 2.45. The number of benzene rings is 1. The van der Waals surface area contributed by atoms with Crippen LogP contribution in [0.25, 0.3) is 0 Å². The van der Waals surface area contributed by atoms with Crippen LogP contribution >= 0.6 is 0 Å². The lowest BCUT2D eigenvalue weighted by molar-refractivity contribution is -0.388. The van der Waals surface area contributed by atoms with Crippen LogP contribution in [0, 0.1) is 10.1 Å². The van der Waals surface area contributed by atoms with Crippen molar-refractivity contribution in [1.82, 2.24) is 4.98 Å². The Bertz CT molecular complexity index is 586. The van der Waals surface area contributed by atoms with E-state index in [4.69, 9.17) is 5.73 Å². The van der Waals surface area contributed by atoms with Crippen LogP contribution in [-0.2, 0) is 13.1 Å². The second-order valence-corrected chi connectivity index (χ2v) is 3.96. The van der Waals surface area contributed by atoms with Gasteiger partial charge in [-0.3, -0.25) is 0 Å². The van der Waals surface area contributed by atoms with Gasteiger partial charge in [-0.15, -0.1) is 0 Å². The number of hydrogen-bond acceptors (Lipinski definition) is 5. The Balaban J connectivity index is 2.17. The summed E-state index contributed by atoms with van der Waals surface area (Å²) in [5.41, 5.74) is 8.08. The molecule has 19 heavy (non-hydrogen) atoms. The topological polar surface area (TPSA) is 94.1 Å². The number of pyridine rings is 1. The predicted molar refractivity (Wildman–Crippen MR) is 72.6 cm³/mol. The molecule has 1 aromatic heterocycles. The zero-order valence-electron chi connectivity index (χ0n) is 10.2. The van der Waals surface area contributed by atoms with Crippen molar-refractivity contribution in [2.24, 2.45) is 5.73 Å². The largest absolute Gasteiger partial charge is 0.386 e. The molecule has 6 nitrogen and oxygen atoms in total. The Labute approximate surface area is 110 Å². The normalized spacial score (nSPS) is 10.2. The van der Waals surface area contributed by atoms with Gasteiger partial charge in [0, 0.05) is 13.1 Å². The Kier molecular flexibility index (Phi) is 4.04. The quantitative estimate of drug-likeness (QED) is 0.632. The molecule has 0 saturated heterocycles. The van der Waals surface area contributed by atoms with Crippen LogP contribution in [0.4, 0.5) is 11.5 Å². The molecule has 6 heteroatoms. The van der Waals surface area contributed by atoms with Crippen molar-refractivity contribution in [3.63, 3.8) is 0 Å². The lowest BCUT2D eigenvalue weighted by Crippen LogP contribution is -2.07. The van der Waals surface area contributed by atoms with E-state index in [0.717, 1.165) is 11.1 Å². The van der Waals surface area contributed by atoms with E-state index in [-0.39, 0.29) is 5.82 Å². The molecular formula is C13H14N4O2. The van der Waals surface area contributed by atoms with Crippen molar-refractivity contribution in [2.45, 2.75) is 13.1 Å². The molecule has 0 fully saturated rings. The summed E-state index contributed by atoms with van der Waals surface area (Å²) in [6, 6.07) is 11.0. The summed E-state index contributed by atoms with van der Waals surface area (Å²) in [7, 11) is 0. The maximum atomic E-state index is 10.8. The first-order chi connectivity index (χ1) is 9.22. The molecule has 0 aliphatic rings. The molecule has 0 aliphatic carbocycles. The van der Waals surface area contributed by atoms with Crippen molar-refractivity contribution in [2.75, 3.05) is 5.32 Å². The number of hydrogen-bond donors (Lipinski definition) is 2. The summed E-state index contributed by atoms with van der Waals surface area (Å²) in [6.45, 7) is 0.910. The number of nitrogens with zero attached hydrogens (tertiary/aromatic N) is 2.